The van der Waals surface area contributed by atoms with E-state index in [1.807, 2.05) is 24.8 Å². The van der Waals surface area contributed by atoms with Crippen LogP contribution in [-0.4, -0.2) is 37.1 Å². The van der Waals surface area contributed by atoms with Crippen molar-refractivity contribution in [3.63, 3.8) is 0 Å². The van der Waals surface area contributed by atoms with Gasteiger partial charge in [-0.05, 0) is 12.8 Å². The second-order valence-corrected chi connectivity index (χ2v) is 4.11. The summed E-state index contributed by atoms with van der Waals surface area (Å²) in [4.78, 5) is 14.0. The van der Waals surface area contributed by atoms with Crippen LogP contribution in [0.2, 0.25) is 0 Å². The third kappa shape index (κ3) is 3.34. The number of hydrogen-bond acceptors (Lipinski definition) is 2. The van der Waals surface area contributed by atoms with Gasteiger partial charge in [-0.25, -0.2) is 0 Å². The van der Waals surface area contributed by atoms with Gasteiger partial charge in [0.25, 0.3) is 0 Å². The van der Waals surface area contributed by atoms with E-state index in [1.54, 1.807) is 0 Å². The zero-order chi connectivity index (χ0) is 11.3. The first-order chi connectivity index (χ1) is 7.16. The van der Waals surface area contributed by atoms with Crippen molar-refractivity contribution in [1.82, 2.24) is 4.90 Å². The van der Waals surface area contributed by atoms with Crippen LogP contribution in [0, 0.1) is 11.8 Å². The van der Waals surface area contributed by atoms with Crippen molar-refractivity contribution < 1.29 is 9.53 Å². The van der Waals surface area contributed by atoms with Crippen LogP contribution in [0.4, 0.5) is 0 Å². The van der Waals surface area contributed by atoms with E-state index < -0.39 is 0 Å². The number of carbonyl (C=O) groups is 1. The Balaban J connectivity index is 2.50. The minimum Gasteiger partial charge on any atom is -0.378 e. The highest BCUT2D eigenvalue weighted by Crippen LogP contribution is 2.16. The fraction of sp³-hybridized carbons (Fsp3) is 0.750. The zero-order valence-electron chi connectivity index (χ0n) is 9.90. The first-order valence-electron chi connectivity index (χ1n) is 5.66. The second kappa shape index (κ2) is 5.91. The summed E-state index contributed by atoms with van der Waals surface area (Å²) in [5.41, 5.74) is 0. The summed E-state index contributed by atoms with van der Waals surface area (Å²) in [5, 5.41) is 0. The quantitative estimate of drug-likeness (QED) is 0.665. The predicted octanol–water partition coefficient (Wildman–Crippen LogP) is 1.69. The van der Waals surface area contributed by atoms with E-state index in [2.05, 4.69) is 13.0 Å². The molecule has 1 heterocycles. The fourth-order valence-electron chi connectivity index (χ4n) is 1.77. The van der Waals surface area contributed by atoms with E-state index in [0.29, 0.717) is 19.1 Å². The summed E-state index contributed by atoms with van der Waals surface area (Å²) in [6.45, 7) is 8.91. The standard InChI is InChI=1S/C12H21NO2/c1-4-5-10(2)11(3)12(14)13-6-8-15-9-7-13/h4-5,10-11H,6-9H2,1-3H3/b5-4+/t10?,11-/m0/s1. The molecular formula is C12H21NO2. The van der Waals surface area contributed by atoms with Crippen molar-refractivity contribution in [3.05, 3.63) is 12.2 Å². The fourth-order valence-corrected chi connectivity index (χ4v) is 1.77. The van der Waals surface area contributed by atoms with Crippen molar-refractivity contribution in [3.8, 4) is 0 Å². The number of morpholine rings is 1. The molecule has 0 saturated carbocycles. The Morgan fingerprint density at radius 2 is 1.93 bits per heavy atom. The molecule has 1 amide bonds. The number of allylic oxidation sites excluding steroid dienone is 2. The molecule has 15 heavy (non-hydrogen) atoms. The van der Waals surface area contributed by atoms with Crippen LogP contribution >= 0.6 is 0 Å². The van der Waals surface area contributed by atoms with Gasteiger partial charge >= 0.3 is 0 Å². The van der Waals surface area contributed by atoms with Crippen molar-refractivity contribution in [1.29, 1.82) is 0 Å². The average molecular weight is 211 g/mol. The van der Waals surface area contributed by atoms with Gasteiger partial charge in [-0.1, -0.05) is 26.0 Å². The van der Waals surface area contributed by atoms with Crippen LogP contribution in [0.25, 0.3) is 0 Å². The van der Waals surface area contributed by atoms with Crippen LogP contribution in [0.5, 0.6) is 0 Å². The Hall–Kier alpha value is -0.830. The van der Waals surface area contributed by atoms with Gasteiger partial charge in [0.05, 0.1) is 13.2 Å². The van der Waals surface area contributed by atoms with E-state index in [-0.39, 0.29) is 11.8 Å². The molecular weight excluding hydrogens is 190 g/mol. The maximum absolute atomic E-state index is 12.1. The van der Waals surface area contributed by atoms with Crippen molar-refractivity contribution in [2.75, 3.05) is 26.3 Å². The second-order valence-electron chi connectivity index (χ2n) is 4.11. The summed E-state index contributed by atoms with van der Waals surface area (Å²) in [6.07, 6.45) is 4.09. The highest BCUT2D eigenvalue weighted by molar-refractivity contribution is 5.79. The first-order valence-corrected chi connectivity index (χ1v) is 5.66. The first kappa shape index (κ1) is 12.2. The summed E-state index contributed by atoms with van der Waals surface area (Å²) in [5.74, 6) is 0.633. The van der Waals surface area contributed by atoms with E-state index in [9.17, 15) is 4.79 Å². The van der Waals surface area contributed by atoms with Gasteiger partial charge < -0.3 is 9.64 Å². The molecule has 86 valence electrons. The van der Waals surface area contributed by atoms with E-state index in [1.165, 1.54) is 0 Å². The number of amides is 1. The normalized spacial score (nSPS) is 21.7. The maximum Gasteiger partial charge on any atom is 0.226 e. The lowest BCUT2D eigenvalue weighted by Crippen LogP contribution is -2.44. The minimum atomic E-state index is 0.0688. The number of nitrogens with zero attached hydrogens (tertiary/aromatic N) is 1. The molecule has 1 unspecified atom stereocenters. The Morgan fingerprint density at radius 3 is 2.47 bits per heavy atom. The van der Waals surface area contributed by atoms with Gasteiger partial charge in [0.1, 0.15) is 0 Å². The largest absolute Gasteiger partial charge is 0.378 e. The zero-order valence-corrected chi connectivity index (χ0v) is 9.90. The molecule has 1 saturated heterocycles. The highest BCUT2D eigenvalue weighted by atomic mass is 16.5. The predicted molar refractivity (Wildman–Crippen MR) is 60.5 cm³/mol. The topological polar surface area (TPSA) is 29.5 Å². The van der Waals surface area contributed by atoms with Gasteiger partial charge in [-0.3, -0.25) is 4.79 Å². The summed E-state index contributed by atoms with van der Waals surface area (Å²) in [7, 11) is 0. The third-order valence-electron chi connectivity index (χ3n) is 3.00. The van der Waals surface area contributed by atoms with Crippen LogP contribution in [0.1, 0.15) is 20.8 Å². The number of ether oxygens (including phenoxy) is 1. The average Bonchev–Trinajstić information content (AvgIpc) is 2.28. The number of rotatable bonds is 3. The van der Waals surface area contributed by atoms with E-state index >= 15 is 0 Å². The molecule has 1 rings (SSSR count). The molecule has 0 spiro atoms. The van der Waals surface area contributed by atoms with Crippen molar-refractivity contribution in [2.45, 2.75) is 20.8 Å². The molecule has 1 aliphatic rings. The van der Waals surface area contributed by atoms with Crippen molar-refractivity contribution in [2.24, 2.45) is 11.8 Å². The Kier molecular flexibility index (Phi) is 4.82. The Morgan fingerprint density at radius 1 is 1.33 bits per heavy atom. The highest BCUT2D eigenvalue weighted by Gasteiger charge is 2.24. The Labute approximate surface area is 92.1 Å². The molecule has 1 aliphatic heterocycles. The maximum atomic E-state index is 12.1. The van der Waals surface area contributed by atoms with Crippen LogP contribution < -0.4 is 0 Å². The molecule has 1 fully saturated rings. The molecule has 0 aromatic carbocycles. The van der Waals surface area contributed by atoms with Crippen LogP contribution in [0.15, 0.2) is 12.2 Å². The van der Waals surface area contributed by atoms with Gasteiger partial charge in [0, 0.05) is 19.0 Å². The third-order valence-corrected chi connectivity index (χ3v) is 3.00. The molecule has 2 atom stereocenters. The molecule has 3 nitrogen and oxygen atoms in total. The van der Waals surface area contributed by atoms with Gasteiger partial charge in [0.2, 0.25) is 5.91 Å². The van der Waals surface area contributed by atoms with Crippen LogP contribution in [0.3, 0.4) is 0 Å². The lowest BCUT2D eigenvalue weighted by molar-refractivity contribution is -0.140. The molecule has 0 radical (unpaired) electrons. The lowest BCUT2D eigenvalue weighted by Gasteiger charge is -2.30. The molecule has 0 aromatic heterocycles. The van der Waals surface area contributed by atoms with Gasteiger partial charge in [0.15, 0.2) is 0 Å². The Bertz CT molecular complexity index is 232. The monoisotopic (exact) mass is 211 g/mol. The summed E-state index contributed by atoms with van der Waals surface area (Å²) in [6, 6.07) is 0. The molecule has 0 N–H and O–H groups in total. The van der Waals surface area contributed by atoms with E-state index in [0.717, 1.165) is 13.1 Å². The van der Waals surface area contributed by atoms with Gasteiger partial charge in [-0.15, -0.1) is 0 Å². The number of hydrogen-bond donors (Lipinski definition) is 0. The van der Waals surface area contributed by atoms with E-state index in [4.69, 9.17) is 4.74 Å². The number of carbonyl (C=O) groups excluding carboxylic acids is 1. The smallest absolute Gasteiger partial charge is 0.226 e. The SMILES string of the molecule is C/C=C/C(C)[C@H](C)C(=O)N1CCOCC1. The molecule has 0 aromatic rings. The van der Waals surface area contributed by atoms with Crippen LogP contribution in [-0.2, 0) is 9.53 Å². The molecule has 3 heteroatoms. The van der Waals surface area contributed by atoms with Crippen molar-refractivity contribution >= 4 is 5.91 Å². The lowest BCUT2D eigenvalue weighted by atomic mass is 9.94. The van der Waals surface area contributed by atoms with Gasteiger partial charge in [-0.2, -0.15) is 0 Å². The summed E-state index contributed by atoms with van der Waals surface area (Å²) < 4.78 is 5.23. The minimum absolute atomic E-state index is 0.0688. The molecule has 0 bridgehead atoms. The molecule has 0 aliphatic carbocycles. The summed E-state index contributed by atoms with van der Waals surface area (Å²) >= 11 is 0.